The van der Waals surface area contributed by atoms with Crippen molar-refractivity contribution in [3.05, 3.63) is 35.9 Å². The van der Waals surface area contributed by atoms with E-state index in [4.69, 9.17) is 4.74 Å². The van der Waals surface area contributed by atoms with Crippen LogP contribution in [0.5, 0.6) is 0 Å². The maximum absolute atomic E-state index is 5.85. The summed E-state index contributed by atoms with van der Waals surface area (Å²) >= 11 is 0. The van der Waals surface area contributed by atoms with Crippen LogP contribution in [-0.2, 0) is 11.3 Å². The molecule has 1 aromatic carbocycles. The monoisotopic (exact) mass is 394 g/mol. The van der Waals surface area contributed by atoms with Gasteiger partial charge in [-0.2, -0.15) is 0 Å². The van der Waals surface area contributed by atoms with Gasteiger partial charge in [-0.25, -0.2) is 0 Å². The van der Waals surface area contributed by atoms with E-state index in [0.717, 1.165) is 5.92 Å². The van der Waals surface area contributed by atoms with Crippen LogP contribution in [0.25, 0.3) is 0 Å². The Kier molecular flexibility index (Phi) is 8.05. The van der Waals surface area contributed by atoms with Gasteiger partial charge in [-0.15, -0.1) is 0 Å². The maximum atomic E-state index is 5.85. The second-order valence-electron chi connectivity index (χ2n) is 9.18. The summed E-state index contributed by atoms with van der Waals surface area (Å²) in [4.78, 5) is 5.48. The molecule has 29 heavy (non-hydrogen) atoms. The molecule has 2 heterocycles. The first-order valence-corrected chi connectivity index (χ1v) is 12.0. The largest absolute Gasteiger partial charge is 0.364 e. The SMILES string of the molecule is C(#C[C@H](C1CCCCC1)N1CCC[C@H]1CN1CCCC1)COCc1ccccc1. The molecule has 0 spiro atoms. The van der Waals surface area contributed by atoms with E-state index >= 15 is 0 Å². The molecule has 3 fully saturated rings. The summed E-state index contributed by atoms with van der Waals surface area (Å²) in [5, 5.41) is 0. The lowest BCUT2D eigenvalue weighted by Gasteiger charge is -2.38. The lowest BCUT2D eigenvalue weighted by atomic mass is 9.83. The second kappa shape index (κ2) is 11.2. The van der Waals surface area contributed by atoms with Crippen molar-refractivity contribution in [1.29, 1.82) is 0 Å². The first-order valence-electron chi connectivity index (χ1n) is 12.0. The van der Waals surface area contributed by atoms with Gasteiger partial charge in [-0.05, 0) is 69.6 Å². The van der Waals surface area contributed by atoms with Gasteiger partial charge in [0.25, 0.3) is 0 Å². The fraction of sp³-hybridized carbons (Fsp3) is 0.692. The van der Waals surface area contributed by atoms with Gasteiger partial charge in [0.15, 0.2) is 0 Å². The highest BCUT2D eigenvalue weighted by molar-refractivity contribution is 5.15. The van der Waals surface area contributed by atoms with Crippen LogP contribution in [-0.4, -0.2) is 54.7 Å². The Labute approximate surface area is 177 Å². The van der Waals surface area contributed by atoms with Crippen molar-refractivity contribution in [2.45, 2.75) is 76.5 Å². The van der Waals surface area contributed by atoms with Crippen molar-refractivity contribution in [2.24, 2.45) is 5.92 Å². The summed E-state index contributed by atoms with van der Waals surface area (Å²) < 4.78 is 5.85. The van der Waals surface area contributed by atoms with Crippen LogP contribution in [0.15, 0.2) is 30.3 Å². The van der Waals surface area contributed by atoms with E-state index in [1.165, 1.54) is 89.5 Å². The summed E-state index contributed by atoms with van der Waals surface area (Å²) in [7, 11) is 0. The molecule has 2 saturated heterocycles. The van der Waals surface area contributed by atoms with Crippen molar-refractivity contribution in [3.63, 3.8) is 0 Å². The number of benzene rings is 1. The molecule has 4 rings (SSSR count). The van der Waals surface area contributed by atoms with Gasteiger partial charge in [-0.3, -0.25) is 4.90 Å². The molecule has 3 heteroatoms. The normalized spacial score (nSPS) is 25.0. The molecule has 1 aliphatic carbocycles. The lowest BCUT2D eigenvalue weighted by Crippen LogP contribution is -2.47. The number of hydrogen-bond acceptors (Lipinski definition) is 3. The highest BCUT2D eigenvalue weighted by Gasteiger charge is 2.35. The third-order valence-electron chi connectivity index (χ3n) is 7.08. The van der Waals surface area contributed by atoms with Crippen LogP contribution in [0.2, 0.25) is 0 Å². The maximum Gasteiger partial charge on any atom is 0.108 e. The highest BCUT2D eigenvalue weighted by Crippen LogP contribution is 2.33. The Hall–Kier alpha value is -1.34. The number of likely N-dealkylation sites (tertiary alicyclic amines) is 2. The number of ether oxygens (including phenoxy) is 1. The Bertz CT molecular complexity index is 652. The van der Waals surface area contributed by atoms with E-state index in [1.54, 1.807) is 0 Å². The second-order valence-corrected chi connectivity index (χ2v) is 9.18. The van der Waals surface area contributed by atoms with Gasteiger partial charge in [0.05, 0.1) is 12.6 Å². The van der Waals surface area contributed by atoms with Crippen molar-refractivity contribution < 1.29 is 4.74 Å². The van der Waals surface area contributed by atoms with Gasteiger partial charge in [0.2, 0.25) is 0 Å². The summed E-state index contributed by atoms with van der Waals surface area (Å²) in [5.41, 5.74) is 1.23. The van der Waals surface area contributed by atoms with Crippen LogP contribution in [0.3, 0.4) is 0 Å². The molecular weight excluding hydrogens is 356 g/mol. The van der Waals surface area contributed by atoms with Crippen LogP contribution in [0.4, 0.5) is 0 Å². The molecule has 0 N–H and O–H groups in total. The van der Waals surface area contributed by atoms with Gasteiger partial charge >= 0.3 is 0 Å². The molecule has 3 nitrogen and oxygen atoms in total. The number of rotatable bonds is 7. The molecule has 1 saturated carbocycles. The first-order chi connectivity index (χ1) is 14.4. The minimum Gasteiger partial charge on any atom is -0.364 e. The van der Waals surface area contributed by atoms with E-state index in [-0.39, 0.29) is 0 Å². The Morgan fingerprint density at radius 1 is 0.897 bits per heavy atom. The smallest absolute Gasteiger partial charge is 0.108 e. The number of nitrogens with zero attached hydrogens (tertiary/aromatic N) is 2. The fourth-order valence-electron chi connectivity index (χ4n) is 5.55. The van der Waals surface area contributed by atoms with Crippen molar-refractivity contribution in [2.75, 3.05) is 32.8 Å². The average molecular weight is 395 g/mol. The van der Waals surface area contributed by atoms with E-state index in [2.05, 4.69) is 45.9 Å². The van der Waals surface area contributed by atoms with Gasteiger partial charge < -0.3 is 9.64 Å². The Morgan fingerprint density at radius 2 is 1.69 bits per heavy atom. The highest BCUT2D eigenvalue weighted by atomic mass is 16.5. The average Bonchev–Trinajstić information content (AvgIpc) is 3.45. The molecule has 2 atom stereocenters. The summed E-state index contributed by atoms with van der Waals surface area (Å²) in [6, 6.07) is 11.6. The zero-order valence-corrected chi connectivity index (χ0v) is 18.0. The quantitative estimate of drug-likeness (QED) is 0.492. The van der Waals surface area contributed by atoms with E-state index in [0.29, 0.717) is 25.3 Å². The molecule has 3 aliphatic rings. The van der Waals surface area contributed by atoms with Crippen molar-refractivity contribution in [1.82, 2.24) is 9.80 Å². The van der Waals surface area contributed by atoms with Crippen LogP contribution in [0, 0.1) is 17.8 Å². The minimum absolute atomic E-state index is 0.436. The van der Waals surface area contributed by atoms with E-state index < -0.39 is 0 Å². The van der Waals surface area contributed by atoms with Crippen LogP contribution < -0.4 is 0 Å². The van der Waals surface area contributed by atoms with Gasteiger partial charge in [-0.1, -0.05) is 61.4 Å². The van der Waals surface area contributed by atoms with Crippen molar-refractivity contribution >= 4 is 0 Å². The van der Waals surface area contributed by atoms with Gasteiger partial charge in [0.1, 0.15) is 6.61 Å². The summed E-state index contributed by atoms with van der Waals surface area (Å²) in [6.07, 6.45) is 12.4. The predicted molar refractivity (Wildman–Crippen MR) is 120 cm³/mol. The molecule has 0 bridgehead atoms. The zero-order valence-electron chi connectivity index (χ0n) is 18.0. The molecule has 2 aliphatic heterocycles. The lowest BCUT2D eigenvalue weighted by molar-refractivity contribution is 0.119. The molecule has 0 unspecified atom stereocenters. The molecule has 0 aromatic heterocycles. The zero-order chi connectivity index (χ0) is 19.7. The van der Waals surface area contributed by atoms with Crippen LogP contribution >= 0.6 is 0 Å². The Balaban J connectivity index is 1.36. The van der Waals surface area contributed by atoms with Gasteiger partial charge in [0, 0.05) is 12.6 Å². The number of hydrogen-bond donors (Lipinski definition) is 0. The summed E-state index contributed by atoms with van der Waals surface area (Å²) in [5.74, 6) is 7.88. The molecule has 0 radical (unpaired) electrons. The topological polar surface area (TPSA) is 15.7 Å². The Morgan fingerprint density at radius 3 is 2.48 bits per heavy atom. The summed E-state index contributed by atoms with van der Waals surface area (Å²) in [6.45, 7) is 6.30. The molecule has 158 valence electrons. The molecular formula is C26H38N2O. The standard InChI is InChI=1S/C26H38N2O/c1-3-11-23(12-4-1)22-29-20-10-16-26(24-13-5-2-6-14-24)28-19-9-15-25(28)21-27-17-7-8-18-27/h1,3-4,11-12,24-26H,2,5-9,13-15,17-22H2/t25-,26+/m0/s1. The van der Waals surface area contributed by atoms with E-state index in [9.17, 15) is 0 Å². The third-order valence-corrected chi connectivity index (χ3v) is 7.08. The van der Waals surface area contributed by atoms with Crippen LogP contribution in [0.1, 0.15) is 63.4 Å². The first kappa shape index (κ1) is 20.9. The molecule has 0 amide bonds. The fourth-order valence-corrected chi connectivity index (χ4v) is 5.55. The molecule has 1 aromatic rings. The van der Waals surface area contributed by atoms with Crippen molar-refractivity contribution in [3.8, 4) is 11.8 Å². The van der Waals surface area contributed by atoms with E-state index in [1.807, 2.05) is 6.07 Å². The third kappa shape index (κ3) is 6.07. The minimum atomic E-state index is 0.436. The predicted octanol–water partition coefficient (Wildman–Crippen LogP) is 4.72.